The van der Waals surface area contributed by atoms with Gasteiger partial charge in [0, 0.05) is 23.9 Å². The fourth-order valence-corrected chi connectivity index (χ4v) is 4.30. The summed E-state index contributed by atoms with van der Waals surface area (Å²) in [5.74, 6) is -1.76. The molecule has 2 aliphatic rings. The van der Waals surface area contributed by atoms with Crippen molar-refractivity contribution in [3.05, 3.63) is 23.8 Å². The number of rotatable bonds is 15. The number of carboxylic acid groups (broad SMARTS) is 1. The van der Waals surface area contributed by atoms with Crippen LogP contribution in [-0.4, -0.2) is 77.1 Å². The number of hydrogen-bond donors (Lipinski definition) is 3. The van der Waals surface area contributed by atoms with Crippen LogP contribution in [-0.2, 0) is 23.8 Å². The Hall–Kier alpha value is -0.780. The standard InChI is InChI=1S/C26H42O9.Na/c1-16(13-23(30)33-11-9-7-5-4-6-8-10-22(28)29)12-20-25(32)24(31)19(15-34-20)14-21-26(35-21)17(2)18(3)27;/h4,6,13,17-21,24-27,31-32H,5,7-12,14-15H2,1-3H3,(H,28,29);/q;+1/p-1/b6-4+,16-13+;/t17-,18+,19?,20-,21+,24-,25+,26+;/m1./s1. The molecule has 0 saturated carbocycles. The summed E-state index contributed by atoms with van der Waals surface area (Å²) in [6.45, 7) is 5.99. The molecule has 0 bridgehead atoms. The van der Waals surface area contributed by atoms with Crippen LogP contribution in [0.15, 0.2) is 23.8 Å². The van der Waals surface area contributed by atoms with Crippen LogP contribution in [0.5, 0.6) is 0 Å². The number of allylic oxidation sites excluding steroid dienone is 2. The Morgan fingerprint density at radius 3 is 2.47 bits per heavy atom. The van der Waals surface area contributed by atoms with Gasteiger partial charge in [0.15, 0.2) is 0 Å². The van der Waals surface area contributed by atoms with Gasteiger partial charge in [0.05, 0.1) is 43.7 Å². The summed E-state index contributed by atoms with van der Waals surface area (Å²) in [7, 11) is 0. The molecule has 0 radical (unpaired) electrons. The van der Waals surface area contributed by atoms with Crippen LogP contribution >= 0.6 is 0 Å². The number of epoxide rings is 1. The SMILES string of the molecule is C/C(=C\C(=O)OCCCC/C=C/CCC(=O)[O-])C[C@H]1OCC(C[C@@H]2O[C@H]2[C@H](C)[C@H](C)O)[C@@H](O)[C@H]1O.[Na+]. The number of carboxylic acids is 1. The van der Waals surface area contributed by atoms with Gasteiger partial charge in [0.1, 0.15) is 6.10 Å². The number of hydrogen-bond acceptors (Lipinski definition) is 9. The number of carbonyl (C=O) groups is 2. The average Bonchev–Trinajstić information content (AvgIpc) is 3.55. The van der Waals surface area contributed by atoms with Crippen molar-refractivity contribution < 1.29 is 73.8 Å². The fourth-order valence-electron chi connectivity index (χ4n) is 4.30. The molecule has 0 aromatic heterocycles. The van der Waals surface area contributed by atoms with Gasteiger partial charge in [-0.2, -0.15) is 0 Å². The van der Waals surface area contributed by atoms with Crippen LogP contribution in [0.4, 0.5) is 0 Å². The molecule has 9 nitrogen and oxygen atoms in total. The largest absolute Gasteiger partial charge is 1.00 e. The third kappa shape index (κ3) is 11.7. The molecule has 0 amide bonds. The zero-order valence-electron chi connectivity index (χ0n) is 22.0. The minimum atomic E-state index is -1.07. The van der Waals surface area contributed by atoms with Crippen molar-refractivity contribution in [1.82, 2.24) is 0 Å². The zero-order valence-corrected chi connectivity index (χ0v) is 24.0. The van der Waals surface area contributed by atoms with Crippen molar-refractivity contribution >= 4 is 11.9 Å². The Morgan fingerprint density at radius 1 is 1.11 bits per heavy atom. The molecule has 1 unspecified atom stereocenters. The van der Waals surface area contributed by atoms with Crippen LogP contribution in [0.25, 0.3) is 0 Å². The van der Waals surface area contributed by atoms with E-state index in [2.05, 4.69) is 0 Å². The molecule has 2 aliphatic heterocycles. The van der Waals surface area contributed by atoms with Gasteiger partial charge >= 0.3 is 35.5 Å². The Bertz CT molecular complexity index is 739. The van der Waals surface area contributed by atoms with E-state index >= 15 is 0 Å². The van der Waals surface area contributed by atoms with Crippen LogP contribution in [0.3, 0.4) is 0 Å². The first-order valence-electron chi connectivity index (χ1n) is 12.6. The van der Waals surface area contributed by atoms with E-state index in [4.69, 9.17) is 14.2 Å². The predicted molar refractivity (Wildman–Crippen MR) is 126 cm³/mol. The van der Waals surface area contributed by atoms with Gasteiger partial charge in [0.2, 0.25) is 0 Å². The molecule has 200 valence electrons. The number of carbonyl (C=O) groups excluding carboxylic acids is 2. The molecular weight excluding hydrogens is 479 g/mol. The van der Waals surface area contributed by atoms with Crippen LogP contribution in [0.2, 0.25) is 0 Å². The summed E-state index contributed by atoms with van der Waals surface area (Å²) in [5, 5.41) is 41.2. The Kier molecular flexibility index (Phi) is 15.6. The minimum absolute atomic E-state index is 0. The third-order valence-corrected chi connectivity index (χ3v) is 6.75. The van der Waals surface area contributed by atoms with Crippen molar-refractivity contribution in [2.24, 2.45) is 11.8 Å². The monoisotopic (exact) mass is 520 g/mol. The Labute approximate surface area is 236 Å². The second-order valence-corrected chi connectivity index (χ2v) is 9.83. The molecule has 0 aromatic carbocycles. The second-order valence-electron chi connectivity index (χ2n) is 9.83. The quantitative estimate of drug-likeness (QED) is 0.0559. The van der Waals surface area contributed by atoms with Gasteiger partial charge in [-0.15, -0.1) is 0 Å². The van der Waals surface area contributed by atoms with Crippen molar-refractivity contribution in [2.45, 2.75) is 102 Å². The van der Waals surface area contributed by atoms with E-state index in [-0.39, 0.29) is 73.2 Å². The molecule has 2 heterocycles. The summed E-state index contributed by atoms with van der Waals surface area (Å²) in [4.78, 5) is 22.3. The van der Waals surface area contributed by atoms with E-state index in [1.807, 2.05) is 19.1 Å². The molecule has 36 heavy (non-hydrogen) atoms. The van der Waals surface area contributed by atoms with E-state index in [9.17, 15) is 30.0 Å². The average molecular weight is 521 g/mol. The first-order valence-corrected chi connectivity index (χ1v) is 12.6. The summed E-state index contributed by atoms with van der Waals surface area (Å²) in [6, 6.07) is 0. The van der Waals surface area contributed by atoms with E-state index in [1.165, 1.54) is 6.08 Å². The van der Waals surface area contributed by atoms with Gasteiger partial charge in [-0.3, -0.25) is 0 Å². The summed E-state index contributed by atoms with van der Waals surface area (Å²) >= 11 is 0. The normalized spacial score (nSPS) is 29.9. The number of esters is 1. The maximum atomic E-state index is 12.0. The predicted octanol–water partition coefficient (Wildman–Crippen LogP) is -1.96. The second kappa shape index (κ2) is 16.9. The molecule has 8 atom stereocenters. The van der Waals surface area contributed by atoms with Gasteiger partial charge in [-0.25, -0.2) is 4.79 Å². The number of aliphatic hydroxyl groups excluding tert-OH is 3. The fraction of sp³-hybridized carbons (Fsp3) is 0.769. The smallest absolute Gasteiger partial charge is 0.550 e. The molecule has 3 N–H and O–H groups in total. The summed E-state index contributed by atoms with van der Waals surface area (Å²) in [5.41, 5.74) is 0.692. The third-order valence-electron chi connectivity index (χ3n) is 6.75. The zero-order chi connectivity index (χ0) is 26.0. The minimum Gasteiger partial charge on any atom is -0.550 e. The molecular formula is C26H41NaO9. The van der Waals surface area contributed by atoms with Crippen LogP contribution in [0.1, 0.15) is 65.7 Å². The van der Waals surface area contributed by atoms with E-state index in [1.54, 1.807) is 13.8 Å². The molecule has 2 fully saturated rings. The van der Waals surface area contributed by atoms with Crippen molar-refractivity contribution in [3.63, 3.8) is 0 Å². The van der Waals surface area contributed by atoms with Crippen molar-refractivity contribution in [2.75, 3.05) is 13.2 Å². The van der Waals surface area contributed by atoms with Gasteiger partial charge < -0.3 is 39.4 Å². The summed E-state index contributed by atoms with van der Waals surface area (Å²) < 4.78 is 16.7. The maximum Gasteiger partial charge on any atom is 1.00 e. The molecule has 0 spiro atoms. The first-order chi connectivity index (χ1) is 16.6. The van der Waals surface area contributed by atoms with Crippen LogP contribution < -0.4 is 34.7 Å². The Balaban J connectivity index is 0.00000648. The van der Waals surface area contributed by atoms with Gasteiger partial charge in [-0.1, -0.05) is 24.6 Å². The number of aliphatic carboxylic acids is 1. The van der Waals surface area contributed by atoms with Crippen LogP contribution in [0, 0.1) is 11.8 Å². The molecule has 2 rings (SSSR count). The Morgan fingerprint density at radius 2 is 1.81 bits per heavy atom. The van der Waals surface area contributed by atoms with Crippen molar-refractivity contribution in [1.29, 1.82) is 0 Å². The van der Waals surface area contributed by atoms with E-state index in [0.29, 0.717) is 31.3 Å². The molecule has 0 aliphatic carbocycles. The first kappa shape index (κ1) is 33.2. The van der Waals surface area contributed by atoms with Crippen molar-refractivity contribution in [3.8, 4) is 0 Å². The van der Waals surface area contributed by atoms with E-state index in [0.717, 1.165) is 12.8 Å². The molecule has 2 saturated heterocycles. The molecule has 10 heteroatoms. The maximum absolute atomic E-state index is 12.0. The topological polar surface area (TPSA) is 149 Å². The summed E-state index contributed by atoms with van der Waals surface area (Å²) in [6.07, 6.45) is 5.56. The number of unbranched alkanes of at least 4 members (excludes halogenated alkanes) is 2. The van der Waals surface area contributed by atoms with E-state index < -0.39 is 36.4 Å². The van der Waals surface area contributed by atoms with Gasteiger partial charge in [0.25, 0.3) is 0 Å². The number of ether oxygens (including phenoxy) is 3. The number of aliphatic hydroxyl groups is 3. The van der Waals surface area contributed by atoms with Gasteiger partial charge in [-0.05, 0) is 58.8 Å². The molecule has 0 aromatic rings.